The van der Waals surface area contributed by atoms with E-state index < -0.39 is 0 Å². The van der Waals surface area contributed by atoms with E-state index >= 15 is 0 Å². The van der Waals surface area contributed by atoms with Gasteiger partial charge in [0.15, 0.2) is 0 Å². The first kappa shape index (κ1) is 14.5. The molecule has 1 amide bonds. The predicted molar refractivity (Wildman–Crippen MR) is 79.9 cm³/mol. The van der Waals surface area contributed by atoms with Crippen LogP contribution in [0, 0.1) is 5.92 Å². The van der Waals surface area contributed by atoms with E-state index in [1.807, 2.05) is 11.0 Å². The molecule has 1 N–H and O–H groups in total. The Morgan fingerprint density at radius 1 is 1.42 bits per heavy atom. The molecule has 0 aromatic heterocycles. The largest absolute Gasteiger partial charge is 0.376 e. The minimum atomic E-state index is 0.137. The summed E-state index contributed by atoms with van der Waals surface area (Å²) in [6, 6.07) is 5.27. The number of nitrogens with zero attached hydrogens (tertiary/aromatic N) is 1. The van der Waals surface area contributed by atoms with Gasteiger partial charge in [0.1, 0.15) is 0 Å². The van der Waals surface area contributed by atoms with Gasteiger partial charge < -0.3 is 10.2 Å². The fourth-order valence-electron chi connectivity index (χ4n) is 2.31. The highest BCUT2D eigenvalue weighted by Crippen LogP contribution is 2.25. The van der Waals surface area contributed by atoms with E-state index in [0.717, 1.165) is 25.2 Å². The van der Waals surface area contributed by atoms with E-state index in [9.17, 15) is 4.79 Å². The summed E-state index contributed by atoms with van der Waals surface area (Å²) in [5.74, 6) is 0.736. The third-order valence-electron chi connectivity index (χ3n) is 3.37. The van der Waals surface area contributed by atoms with Crippen LogP contribution in [0.25, 0.3) is 0 Å². The molecule has 0 radical (unpaired) electrons. The zero-order valence-corrected chi connectivity index (χ0v) is 12.5. The Kier molecular flexibility index (Phi) is 4.94. The number of likely N-dealkylation sites (tertiary alicyclic amines) is 1. The molecule has 19 heavy (non-hydrogen) atoms. The van der Waals surface area contributed by atoms with E-state index in [4.69, 9.17) is 23.2 Å². The van der Waals surface area contributed by atoms with Crippen LogP contribution in [0.1, 0.15) is 19.8 Å². The van der Waals surface area contributed by atoms with Crippen LogP contribution in [-0.2, 0) is 4.79 Å². The first-order valence-corrected chi connectivity index (χ1v) is 7.28. The van der Waals surface area contributed by atoms with Crippen LogP contribution in [0.2, 0.25) is 10.0 Å². The molecule has 3 nitrogen and oxygen atoms in total. The molecule has 0 spiro atoms. The zero-order valence-electron chi connectivity index (χ0n) is 11.0. The van der Waals surface area contributed by atoms with Gasteiger partial charge in [-0.25, -0.2) is 0 Å². The number of halogens is 2. The summed E-state index contributed by atoms with van der Waals surface area (Å²) in [7, 11) is 0. The quantitative estimate of drug-likeness (QED) is 0.924. The van der Waals surface area contributed by atoms with Gasteiger partial charge in [-0.05, 0) is 37.0 Å². The fourth-order valence-corrected chi connectivity index (χ4v) is 2.61. The zero-order chi connectivity index (χ0) is 13.8. The van der Waals surface area contributed by atoms with Crippen molar-refractivity contribution in [3.8, 4) is 0 Å². The lowest BCUT2D eigenvalue weighted by atomic mass is 10.0. The molecular weight excluding hydrogens is 283 g/mol. The van der Waals surface area contributed by atoms with E-state index in [1.54, 1.807) is 12.1 Å². The molecule has 1 heterocycles. The predicted octanol–water partition coefficient (Wildman–Crippen LogP) is 3.66. The maximum absolute atomic E-state index is 12.1. The molecule has 0 bridgehead atoms. The summed E-state index contributed by atoms with van der Waals surface area (Å²) in [4.78, 5) is 14.0. The first-order valence-electron chi connectivity index (χ1n) is 6.53. The van der Waals surface area contributed by atoms with Crippen LogP contribution in [0.4, 0.5) is 5.69 Å². The molecule has 1 saturated heterocycles. The lowest BCUT2D eigenvalue weighted by Gasteiger charge is -2.31. The van der Waals surface area contributed by atoms with Crippen LogP contribution < -0.4 is 5.32 Å². The van der Waals surface area contributed by atoms with Gasteiger partial charge in [-0.15, -0.1) is 0 Å². The lowest BCUT2D eigenvalue weighted by Crippen LogP contribution is -2.41. The van der Waals surface area contributed by atoms with Crippen molar-refractivity contribution in [2.45, 2.75) is 19.8 Å². The van der Waals surface area contributed by atoms with Gasteiger partial charge in [0.05, 0.1) is 16.6 Å². The van der Waals surface area contributed by atoms with Gasteiger partial charge in [-0.1, -0.05) is 30.1 Å². The molecule has 104 valence electrons. The van der Waals surface area contributed by atoms with Crippen molar-refractivity contribution in [2.24, 2.45) is 5.92 Å². The Morgan fingerprint density at radius 2 is 2.21 bits per heavy atom. The lowest BCUT2D eigenvalue weighted by molar-refractivity contribution is -0.130. The van der Waals surface area contributed by atoms with Gasteiger partial charge in [0, 0.05) is 18.8 Å². The van der Waals surface area contributed by atoms with E-state index in [-0.39, 0.29) is 5.91 Å². The van der Waals surface area contributed by atoms with Crippen molar-refractivity contribution < 1.29 is 4.79 Å². The number of hydrogen-bond acceptors (Lipinski definition) is 2. The van der Waals surface area contributed by atoms with Gasteiger partial charge in [-0.3, -0.25) is 4.79 Å². The summed E-state index contributed by atoms with van der Waals surface area (Å²) in [5, 5.41) is 4.10. The van der Waals surface area contributed by atoms with Gasteiger partial charge >= 0.3 is 0 Å². The molecule has 1 unspecified atom stereocenters. The minimum absolute atomic E-state index is 0.137. The summed E-state index contributed by atoms with van der Waals surface area (Å²) < 4.78 is 0. The van der Waals surface area contributed by atoms with Crippen molar-refractivity contribution in [3.63, 3.8) is 0 Å². The molecule has 1 aliphatic heterocycles. The molecule has 1 aromatic rings. The summed E-state index contributed by atoms with van der Waals surface area (Å²) >= 11 is 11.8. The topological polar surface area (TPSA) is 32.3 Å². The molecule has 1 aliphatic rings. The highest BCUT2D eigenvalue weighted by molar-refractivity contribution is 6.42. The third kappa shape index (κ3) is 4.02. The number of anilines is 1. The number of benzene rings is 1. The number of amides is 1. The number of piperidine rings is 1. The smallest absolute Gasteiger partial charge is 0.241 e. The van der Waals surface area contributed by atoms with Crippen molar-refractivity contribution in [2.75, 3.05) is 25.0 Å². The van der Waals surface area contributed by atoms with Gasteiger partial charge in [0.25, 0.3) is 0 Å². The van der Waals surface area contributed by atoms with Crippen LogP contribution in [0.15, 0.2) is 18.2 Å². The van der Waals surface area contributed by atoms with Crippen LogP contribution >= 0.6 is 23.2 Å². The van der Waals surface area contributed by atoms with E-state index in [2.05, 4.69) is 12.2 Å². The maximum Gasteiger partial charge on any atom is 0.241 e. The second kappa shape index (κ2) is 6.49. The second-order valence-electron chi connectivity index (χ2n) is 5.07. The summed E-state index contributed by atoms with van der Waals surface area (Å²) in [6.07, 6.45) is 2.31. The van der Waals surface area contributed by atoms with E-state index in [0.29, 0.717) is 22.5 Å². The SMILES string of the molecule is CC1CCCN(C(=O)CNc2ccc(Cl)c(Cl)c2)C1. The number of carbonyl (C=O) groups is 1. The molecule has 5 heteroatoms. The molecule has 0 aliphatic carbocycles. The summed E-state index contributed by atoms with van der Waals surface area (Å²) in [6.45, 7) is 4.21. The Bertz CT molecular complexity index is 465. The molecule has 0 saturated carbocycles. The Balaban J connectivity index is 1.87. The second-order valence-corrected chi connectivity index (χ2v) is 5.88. The molecule has 1 atom stereocenters. The molecule has 2 rings (SSSR count). The Hall–Kier alpha value is -0.930. The van der Waals surface area contributed by atoms with Crippen LogP contribution in [0.3, 0.4) is 0 Å². The van der Waals surface area contributed by atoms with Crippen LogP contribution in [0.5, 0.6) is 0 Å². The standard InChI is InChI=1S/C14H18Cl2N2O/c1-10-3-2-6-18(9-10)14(19)8-17-11-4-5-12(15)13(16)7-11/h4-5,7,10,17H,2-3,6,8-9H2,1H3. The normalized spacial score (nSPS) is 19.3. The third-order valence-corrected chi connectivity index (χ3v) is 4.11. The maximum atomic E-state index is 12.1. The highest BCUT2D eigenvalue weighted by atomic mass is 35.5. The highest BCUT2D eigenvalue weighted by Gasteiger charge is 2.20. The first-order chi connectivity index (χ1) is 9.06. The minimum Gasteiger partial charge on any atom is -0.376 e. The van der Waals surface area contributed by atoms with Crippen LogP contribution in [-0.4, -0.2) is 30.4 Å². The van der Waals surface area contributed by atoms with Gasteiger partial charge in [-0.2, -0.15) is 0 Å². The number of hydrogen-bond donors (Lipinski definition) is 1. The number of nitrogens with one attached hydrogen (secondary N) is 1. The average Bonchev–Trinajstić information content (AvgIpc) is 2.40. The van der Waals surface area contributed by atoms with Crippen molar-refractivity contribution in [1.82, 2.24) is 4.90 Å². The molecule has 1 fully saturated rings. The molecular formula is C14H18Cl2N2O. The Morgan fingerprint density at radius 3 is 2.89 bits per heavy atom. The van der Waals surface area contributed by atoms with Crippen molar-refractivity contribution in [3.05, 3.63) is 28.2 Å². The Labute approximate surface area is 123 Å². The fraction of sp³-hybridized carbons (Fsp3) is 0.500. The monoisotopic (exact) mass is 300 g/mol. The van der Waals surface area contributed by atoms with Crippen molar-refractivity contribution >= 4 is 34.8 Å². The van der Waals surface area contributed by atoms with Gasteiger partial charge in [0.2, 0.25) is 5.91 Å². The van der Waals surface area contributed by atoms with Crippen molar-refractivity contribution in [1.29, 1.82) is 0 Å². The van der Waals surface area contributed by atoms with E-state index in [1.165, 1.54) is 6.42 Å². The number of carbonyl (C=O) groups excluding carboxylic acids is 1. The molecule has 1 aromatic carbocycles. The average molecular weight is 301 g/mol. The number of rotatable bonds is 3. The summed E-state index contributed by atoms with van der Waals surface area (Å²) in [5.41, 5.74) is 0.813.